The first kappa shape index (κ1) is 20.9. The van der Waals surface area contributed by atoms with Crippen LogP contribution in [0.2, 0.25) is 0 Å². The van der Waals surface area contributed by atoms with Gasteiger partial charge in [0.05, 0.1) is 20.3 Å². The molecule has 156 valence electrons. The minimum atomic E-state index is 0.222. The van der Waals surface area contributed by atoms with Gasteiger partial charge >= 0.3 is 0 Å². The fourth-order valence-electron chi connectivity index (χ4n) is 3.77. The summed E-state index contributed by atoms with van der Waals surface area (Å²) in [4.78, 5) is 11.1. The highest BCUT2D eigenvalue weighted by Crippen LogP contribution is 2.31. The Morgan fingerprint density at radius 1 is 1.10 bits per heavy atom. The molecule has 2 heterocycles. The fraction of sp³-hybridized carbons (Fsp3) is 0.455. The first-order chi connectivity index (χ1) is 14.3. The van der Waals surface area contributed by atoms with Crippen molar-refractivity contribution >= 4 is 5.96 Å². The first-order valence-electron chi connectivity index (χ1n) is 10.1. The highest BCUT2D eigenvalue weighted by atomic mass is 16.5. The Labute approximate surface area is 173 Å². The average molecular weight is 398 g/mol. The van der Waals surface area contributed by atoms with Gasteiger partial charge in [0.15, 0.2) is 5.96 Å². The number of nitrogens with zero attached hydrogens (tertiary/aromatic N) is 3. The Morgan fingerprint density at radius 2 is 1.90 bits per heavy atom. The zero-order chi connectivity index (χ0) is 20.5. The number of likely N-dealkylation sites (tertiary alicyclic amines) is 1. The van der Waals surface area contributed by atoms with E-state index in [4.69, 9.17) is 9.47 Å². The molecule has 0 amide bonds. The predicted molar refractivity (Wildman–Crippen MR) is 116 cm³/mol. The number of para-hydroxylation sites is 1. The van der Waals surface area contributed by atoms with Crippen LogP contribution >= 0.6 is 0 Å². The number of methoxy groups -OCH3 is 2. The normalized spacial score (nSPS) is 15.8. The van der Waals surface area contributed by atoms with Crippen LogP contribution in [0.1, 0.15) is 30.0 Å². The van der Waals surface area contributed by atoms with Crippen molar-refractivity contribution in [1.29, 1.82) is 0 Å². The molecule has 1 unspecified atom stereocenters. The van der Waals surface area contributed by atoms with E-state index in [-0.39, 0.29) is 6.04 Å². The quantitative estimate of drug-likeness (QED) is 0.527. The number of aliphatic imine (C=N–C) groups is 1. The van der Waals surface area contributed by atoms with Crippen molar-refractivity contribution in [2.75, 3.05) is 40.9 Å². The summed E-state index contributed by atoms with van der Waals surface area (Å²) in [6, 6.07) is 12.4. The maximum absolute atomic E-state index is 5.63. The molecular formula is C22H31N5O2. The Hall–Kier alpha value is -2.80. The molecule has 0 aliphatic carbocycles. The molecular weight excluding hydrogens is 366 g/mol. The van der Waals surface area contributed by atoms with E-state index in [1.807, 2.05) is 24.3 Å². The van der Waals surface area contributed by atoms with Crippen LogP contribution in [-0.2, 0) is 6.54 Å². The second-order valence-electron chi connectivity index (χ2n) is 6.98. The summed E-state index contributed by atoms with van der Waals surface area (Å²) >= 11 is 0. The molecule has 1 fully saturated rings. The van der Waals surface area contributed by atoms with Crippen LogP contribution in [-0.4, -0.2) is 56.7 Å². The Kier molecular flexibility index (Phi) is 7.69. The Bertz CT molecular complexity index is 805. The number of hydrogen-bond donors (Lipinski definition) is 2. The number of aromatic nitrogens is 1. The van der Waals surface area contributed by atoms with E-state index >= 15 is 0 Å². The molecule has 1 aliphatic rings. The molecule has 0 bridgehead atoms. The Morgan fingerprint density at radius 3 is 2.62 bits per heavy atom. The summed E-state index contributed by atoms with van der Waals surface area (Å²) in [5, 5.41) is 6.84. The van der Waals surface area contributed by atoms with E-state index in [0.29, 0.717) is 12.4 Å². The number of pyridine rings is 1. The lowest BCUT2D eigenvalue weighted by Crippen LogP contribution is -2.42. The van der Waals surface area contributed by atoms with Gasteiger partial charge in [-0.2, -0.15) is 0 Å². The number of hydrogen-bond acceptors (Lipinski definition) is 5. The third-order valence-corrected chi connectivity index (χ3v) is 5.26. The van der Waals surface area contributed by atoms with E-state index in [1.165, 1.54) is 18.4 Å². The monoisotopic (exact) mass is 397 g/mol. The summed E-state index contributed by atoms with van der Waals surface area (Å²) in [5.41, 5.74) is 2.19. The van der Waals surface area contributed by atoms with Crippen LogP contribution in [0.25, 0.3) is 0 Å². The van der Waals surface area contributed by atoms with E-state index < -0.39 is 0 Å². The van der Waals surface area contributed by atoms with Crippen LogP contribution in [0.4, 0.5) is 0 Å². The van der Waals surface area contributed by atoms with Crippen LogP contribution in [0, 0.1) is 0 Å². The van der Waals surface area contributed by atoms with Gasteiger partial charge in [0.2, 0.25) is 5.88 Å². The van der Waals surface area contributed by atoms with Crippen LogP contribution < -0.4 is 20.1 Å². The summed E-state index contributed by atoms with van der Waals surface area (Å²) in [6.45, 7) is 3.52. The minimum absolute atomic E-state index is 0.222. The van der Waals surface area contributed by atoms with Gasteiger partial charge in [-0.1, -0.05) is 24.3 Å². The third-order valence-electron chi connectivity index (χ3n) is 5.26. The molecule has 2 N–H and O–H groups in total. The van der Waals surface area contributed by atoms with E-state index in [0.717, 1.165) is 36.9 Å². The first-order valence-corrected chi connectivity index (χ1v) is 10.1. The molecule has 2 aromatic rings. The van der Waals surface area contributed by atoms with Crippen molar-refractivity contribution in [1.82, 2.24) is 20.5 Å². The highest BCUT2D eigenvalue weighted by Gasteiger charge is 2.26. The number of guanidine groups is 1. The number of benzene rings is 1. The molecule has 7 heteroatoms. The molecule has 7 nitrogen and oxygen atoms in total. The van der Waals surface area contributed by atoms with Crippen LogP contribution in [0.3, 0.4) is 0 Å². The van der Waals surface area contributed by atoms with E-state index in [9.17, 15) is 0 Å². The van der Waals surface area contributed by atoms with Gasteiger partial charge in [-0.25, -0.2) is 4.98 Å². The second-order valence-corrected chi connectivity index (χ2v) is 6.98. The highest BCUT2D eigenvalue weighted by molar-refractivity contribution is 5.79. The molecule has 1 aliphatic heterocycles. The molecule has 1 atom stereocenters. The largest absolute Gasteiger partial charge is 0.496 e. The van der Waals surface area contributed by atoms with E-state index in [1.54, 1.807) is 27.5 Å². The SMILES string of the molecule is CN=C(NCc1cccnc1OC)NCC(c1ccccc1OC)N1CCCC1. The van der Waals surface area contributed by atoms with Crippen molar-refractivity contribution < 1.29 is 9.47 Å². The lowest BCUT2D eigenvalue weighted by Gasteiger charge is -2.30. The maximum atomic E-state index is 5.63. The Balaban J connectivity index is 1.67. The predicted octanol–water partition coefficient (Wildman–Crippen LogP) is 2.60. The fourth-order valence-corrected chi connectivity index (χ4v) is 3.77. The topological polar surface area (TPSA) is 71.0 Å². The van der Waals surface area contributed by atoms with Crippen molar-refractivity contribution in [3.8, 4) is 11.6 Å². The van der Waals surface area contributed by atoms with E-state index in [2.05, 4.69) is 37.6 Å². The summed E-state index contributed by atoms with van der Waals surface area (Å²) in [5.74, 6) is 2.30. The van der Waals surface area contributed by atoms with Gasteiger partial charge in [-0.15, -0.1) is 0 Å². The van der Waals surface area contributed by atoms with Gasteiger partial charge < -0.3 is 20.1 Å². The summed E-state index contributed by atoms with van der Waals surface area (Å²) < 4.78 is 11.0. The minimum Gasteiger partial charge on any atom is -0.496 e. The van der Waals surface area contributed by atoms with Crippen LogP contribution in [0.15, 0.2) is 47.6 Å². The van der Waals surface area contributed by atoms with Gasteiger partial charge in [0.25, 0.3) is 0 Å². The average Bonchev–Trinajstić information content (AvgIpc) is 3.31. The molecule has 3 rings (SSSR count). The lowest BCUT2D eigenvalue weighted by atomic mass is 10.0. The zero-order valence-electron chi connectivity index (χ0n) is 17.5. The molecule has 29 heavy (non-hydrogen) atoms. The number of rotatable bonds is 8. The summed E-state index contributed by atoms with van der Waals surface area (Å²) in [6.07, 6.45) is 4.20. The smallest absolute Gasteiger partial charge is 0.218 e. The third kappa shape index (κ3) is 5.38. The molecule has 0 radical (unpaired) electrons. The van der Waals surface area contributed by atoms with Gasteiger partial charge in [0.1, 0.15) is 5.75 Å². The molecule has 1 aromatic carbocycles. The molecule has 0 saturated carbocycles. The molecule has 1 aromatic heterocycles. The van der Waals surface area contributed by atoms with Gasteiger partial charge in [-0.05, 0) is 38.1 Å². The zero-order valence-corrected chi connectivity index (χ0v) is 17.5. The van der Waals surface area contributed by atoms with Crippen molar-refractivity contribution in [2.45, 2.75) is 25.4 Å². The standard InChI is InChI=1S/C22H31N5O2/c1-23-22(25-15-17-9-8-12-24-21(17)29-3)26-16-19(27-13-6-7-14-27)18-10-4-5-11-20(18)28-2/h4-5,8-12,19H,6-7,13-16H2,1-3H3,(H2,23,25,26). The van der Waals surface area contributed by atoms with Crippen molar-refractivity contribution in [2.24, 2.45) is 4.99 Å². The lowest BCUT2D eigenvalue weighted by molar-refractivity contribution is 0.239. The second kappa shape index (κ2) is 10.7. The maximum Gasteiger partial charge on any atom is 0.218 e. The number of nitrogens with one attached hydrogen (secondary N) is 2. The van der Waals surface area contributed by atoms with Crippen LogP contribution in [0.5, 0.6) is 11.6 Å². The molecule has 0 spiro atoms. The van der Waals surface area contributed by atoms with Crippen molar-refractivity contribution in [3.05, 3.63) is 53.7 Å². The summed E-state index contributed by atoms with van der Waals surface area (Å²) in [7, 11) is 5.14. The number of ether oxygens (including phenoxy) is 2. The van der Waals surface area contributed by atoms with Crippen molar-refractivity contribution in [3.63, 3.8) is 0 Å². The van der Waals surface area contributed by atoms with Gasteiger partial charge in [0, 0.05) is 37.5 Å². The molecule has 1 saturated heterocycles. The van der Waals surface area contributed by atoms with Gasteiger partial charge in [-0.3, -0.25) is 9.89 Å².